The van der Waals surface area contributed by atoms with E-state index >= 15 is 0 Å². The Hall–Kier alpha value is -1.81. The molecule has 33 heavy (non-hydrogen) atoms. The first kappa shape index (κ1) is 25.8. The minimum absolute atomic E-state index is 0.0326. The van der Waals surface area contributed by atoms with E-state index < -0.39 is 34.8 Å². The second-order valence-electron chi connectivity index (χ2n) is 12.0. The quantitative estimate of drug-likeness (QED) is 0.199. The molecular formula is C26H38O5Si2. The normalized spacial score (nSPS) is 22.8. The van der Waals surface area contributed by atoms with Gasteiger partial charge in [-0.25, -0.2) is 4.79 Å². The summed E-state index contributed by atoms with van der Waals surface area (Å²) in [7, 11) is -4.50. The van der Waals surface area contributed by atoms with Crippen LogP contribution in [0.15, 0.2) is 47.2 Å². The molecule has 0 unspecified atom stereocenters. The highest BCUT2D eigenvalue weighted by Crippen LogP contribution is 2.54. The van der Waals surface area contributed by atoms with Gasteiger partial charge in [0.05, 0.1) is 5.57 Å². The van der Waals surface area contributed by atoms with Gasteiger partial charge in [-0.2, -0.15) is 0 Å². The summed E-state index contributed by atoms with van der Waals surface area (Å²) in [6.45, 7) is 21.8. The molecule has 2 aliphatic rings. The molecule has 1 heterocycles. The third-order valence-electron chi connectivity index (χ3n) is 7.72. The molecule has 5 nitrogen and oxygen atoms in total. The van der Waals surface area contributed by atoms with E-state index in [2.05, 4.69) is 67.7 Å². The molecule has 1 aromatic carbocycles. The Morgan fingerprint density at radius 3 is 1.64 bits per heavy atom. The van der Waals surface area contributed by atoms with E-state index in [0.717, 1.165) is 11.1 Å². The number of fused-ring (bicyclic) bond motifs is 1. The summed E-state index contributed by atoms with van der Waals surface area (Å²) < 4.78 is 19.4. The van der Waals surface area contributed by atoms with Crippen LogP contribution in [-0.2, 0) is 23.2 Å². The maximum Gasteiger partial charge on any atom is 0.342 e. The van der Waals surface area contributed by atoms with Crippen LogP contribution in [0.5, 0.6) is 0 Å². The second-order valence-corrected chi connectivity index (χ2v) is 21.5. The van der Waals surface area contributed by atoms with Crippen LogP contribution in [-0.4, -0.2) is 28.9 Å². The first-order valence-corrected chi connectivity index (χ1v) is 17.4. The molecule has 0 saturated heterocycles. The van der Waals surface area contributed by atoms with Crippen molar-refractivity contribution >= 4 is 28.9 Å². The molecule has 1 aliphatic carbocycles. The Morgan fingerprint density at radius 2 is 1.24 bits per heavy atom. The number of aldehydes is 1. The third-order valence-corrected chi connectivity index (χ3v) is 16.6. The maximum absolute atomic E-state index is 13.2. The molecule has 0 fully saturated rings. The smallest absolute Gasteiger partial charge is 0.342 e. The Morgan fingerprint density at radius 1 is 0.818 bits per heavy atom. The fraction of sp³-hybridized carbons (Fsp3) is 0.538. The highest BCUT2D eigenvalue weighted by atomic mass is 28.4. The number of carbonyl (C=O) groups is 2. The Kier molecular flexibility index (Phi) is 6.61. The average molecular weight is 487 g/mol. The van der Waals surface area contributed by atoms with Crippen LogP contribution < -0.4 is 0 Å². The van der Waals surface area contributed by atoms with Crippen LogP contribution in [0.1, 0.15) is 64.9 Å². The molecule has 0 saturated carbocycles. The van der Waals surface area contributed by atoms with Gasteiger partial charge in [0, 0.05) is 11.6 Å². The van der Waals surface area contributed by atoms with E-state index in [1.54, 1.807) is 0 Å². The van der Waals surface area contributed by atoms with Crippen LogP contribution in [0.25, 0.3) is 0 Å². The minimum Gasteiger partial charge on any atom is -0.423 e. The number of ether oxygens (including phenoxy) is 1. The lowest BCUT2D eigenvalue weighted by Gasteiger charge is -2.44. The van der Waals surface area contributed by atoms with Crippen molar-refractivity contribution in [3.05, 3.63) is 58.4 Å². The number of hydrogen-bond donors (Lipinski definition) is 0. The highest BCUT2D eigenvalue weighted by Gasteiger charge is 2.51. The molecule has 0 bridgehead atoms. The summed E-state index contributed by atoms with van der Waals surface area (Å²) in [4.78, 5) is 24.6. The molecule has 0 N–H and O–H groups in total. The molecule has 1 aromatic rings. The summed E-state index contributed by atoms with van der Waals surface area (Å²) in [5.41, 5.74) is 3.02. The summed E-state index contributed by atoms with van der Waals surface area (Å²) in [5, 5.41) is -0.0731. The molecule has 7 heteroatoms. The van der Waals surface area contributed by atoms with Crippen LogP contribution in [0.2, 0.25) is 36.3 Å². The van der Waals surface area contributed by atoms with Crippen LogP contribution in [0.3, 0.4) is 0 Å². The summed E-state index contributed by atoms with van der Waals surface area (Å²) >= 11 is 0. The van der Waals surface area contributed by atoms with Gasteiger partial charge in [-0.15, -0.1) is 0 Å². The van der Waals surface area contributed by atoms with Crippen LogP contribution in [0.4, 0.5) is 0 Å². The first-order chi connectivity index (χ1) is 15.0. The molecule has 0 amide bonds. The number of rotatable bonds is 5. The zero-order chi connectivity index (χ0) is 25.0. The first-order valence-electron chi connectivity index (χ1n) is 11.6. The molecule has 0 spiro atoms. The molecule has 0 radical (unpaired) electrons. The maximum atomic E-state index is 13.2. The lowest BCUT2D eigenvalue weighted by Crippen LogP contribution is -2.45. The van der Waals surface area contributed by atoms with E-state index in [1.165, 1.54) is 6.08 Å². The summed E-state index contributed by atoms with van der Waals surface area (Å²) in [5.74, 6) is -0.188. The molecule has 180 valence electrons. The van der Waals surface area contributed by atoms with E-state index in [0.29, 0.717) is 17.4 Å². The third kappa shape index (κ3) is 4.60. The standard InChI is InChI=1S/C26H38O5Si2/c1-25(2,3)32(7,8)30-22-17-13-11-12-14-18(17)23(31-33(9,10)26(4,5)6)21-20(22)19(15-16-27)29-24(21)28/h11-16,22-23H,1-10H3/b19-15-/t22-,23-/m0/s1. The SMILES string of the molecule is CC(C)(C)[Si](C)(C)O[C@@H]1C2=C(/C(=C/C=O)OC2=O)[C@@H](O[Si](C)(C)C(C)(C)C)c2ccccc21. The van der Waals surface area contributed by atoms with E-state index in [4.69, 9.17) is 13.6 Å². The van der Waals surface area contributed by atoms with Crippen molar-refractivity contribution in [2.45, 2.75) is 90.0 Å². The van der Waals surface area contributed by atoms with Gasteiger partial charge in [-0.1, -0.05) is 65.8 Å². The Labute approximate surface area is 200 Å². The fourth-order valence-electron chi connectivity index (χ4n) is 3.64. The number of esters is 1. The zero-order valence-corrected chi connectivity index (χ0v) is 23.7. The van der Waals surface area contributed by atoms with Gasteiger partial charge in [0.2, 0.25) is 0 Å². The van der Waals surface area contributed by atoms with E-state index in [9.17, 15) is 9.59 Å². The highest BCUT2D eigenvalue weighted by molar-refractivity contribution is 6.74. The molecule has 1 aliphatic heterocycles. The van der Waals surface area contributed by atoms with Gasteiger partial charge in [-0.3, -0.25) is 4.79 Å². The second kappa shape index (κ2) is 8.45. The number of allylic oxidation sites excluding steroid dienone is 1. The van der Waals surface area contributed by atoms with Crippen molar-refractivity contribution in [2.75, 3.05) is 0 Å². The summed E-state index contributed by atoms with van der Waals surface area (Å²) in [6.07, 6.45) is 0.932. The van der Waals surface area contributed by atoms with Gasteiger partial charge in [0.25, 0.3) is 0 Å². The minimum atomic E-state index is -2.25. The lowest BCUT2D eigenvalue weighted by molar-refractivity contribution is -0.134. The van der Waals surface area contributed by atoms with Crippen molar-refractivity contribution < 1.29 is 23.2 Å². The Balaban J connectivity index is 2.26. The van der Waals surface area contributed by atoms with Crippen molar-refractivity contribution in [2.24, 2.45) is 0 Å². The Bertz CT molecular complexity index is 1020. The predicted molar refractivity (Wildman–Crippen MR) is 136 cm³/mol. The van der Waals surface area contributed by atoms with Crippen LogP contribution in [0, 0.1) is 0 Å². The predicted octanol–water partition coefficient (Wildman–Crippen LogP) is 6.76. The van der Waals surface area contributed by atoms with Gasteiger partial charge < -0.3 is 13.6 Å². The topological polar surface area (TPSA) is 61.8 Å². The molecule has 0 aromatic heterocycles. The number of benzene rings is 1. The molecule has 3 rings (SSSR count). The zero-order valence-electron chi connectivity index (χ0n) is 21.7. The number of carbonyl (C=O) groups excluding carboxylic acids is 2. The number of hydrogen-bond acceptors (Lipinski definition) is 5. The lowest BCUT2D eigenvalue weighted by atomic mass is 9.82. The van der Waals surface area contributed by atoms with Gasteiger partial charge >= 0.3 is 5.97 Å². The fourth-order valence-corrected chi connectivity index (χ4v) is 6.02. The molecule has 2 atom stereocenters. The van der Waals surface area contributed by atoms with E-state index in [1.807, 2.05) is 24.3 Å². The van der Waals surface area contributed by atoms with Gasteiger partial charge in [0.1, 0.15) is 24.3 Å². The van der Waals surface area contributed by atoms with E-state index in [-0.39, 0.29) is 15.8 Å². The van der Waals surface area contributed by atoms with Gasteiger partial charge in [0.15, 0.2) is 16.6 Å². The van der Waals surface area contributed by atoms with Crippen LogP contribution >= 0.6 is 0 Å². The average Bonchev–Trinajstić information content (AvgIpc) is 2.99. The van der Waals surface area contributed by atoms with Crippen molar-refractivity contribution in [3.8, 4) is 0 Å². The van der Waals surface area contributed by atoms with Crippen molar-refractivity contribution in [1.82, 2.24) is 0 Å². The molecular weight excluding hydrogens is 448 g/mol. The van der Waals surface area contributed by atoms with Crippen molar-refractivity contribution in [3.63, 3.8) is 0 Å². The van der Waals surface area contributed by atoms with Gasteiger partial charge in [-0.05, 0) is 47.4 Å². The van der Waals surface area contributed by atoms with Crippen molar-refractivity contribution in [1.29, 1.82) is 0 Å². The summed E-state index contributed by atoms with van der Waals surface area (Å²) in [6, 6.07) is 8.02. The largest absolute Gasteiger partial charge is 0.423 e. The number of cyclic esters (lactones) is 1. The monoisotopic (exact) mass is 486 g/mol.